The number of carbonyl (C=O) groups excluding carboxylic acids is 1. The Morgan fingerprint density at radius 1 is 1.15 bits per heavy atom. The summed E-state index contributed by atoms with van der Waals surface area (Å²) in [5.74, 6) is -0.396. The van der Waals surface area contributed by atoms with Crippen LogP contribution in [0, 0.1) is 5.82 Å². The molecular formula is C16H16FNOS. The molecule has 0 aliphatic rings. The summed E-state index contributed by atoms with van der Waals surface area (Å²) in [6.45, 7) is 1.88. The lowest BCUT2D eigenvalue weighted by Crippen LogP contribution is -2.27. The topological polar surface area (TPSA) is 29.1 Å². The number of hydrogen-bond acceptors (Lipinski definition) is 2. The van der Waals surface area contributed by atoms with Crippen molar-refractivity contribution < 1.29 is 9.18 Å². The van der Waals surface area contributed by atoms with Crippen LogP contribution in [0.4, 0.5) is 4.39 Å². The lowest BCUT2D eigenvalue weighted by atomic mass is 10.1. The second kappa shape index (κ2) is 6.57. The van der Waals surface area contributed by atoms with Crippen molar-refractivity contribution in [1.82, 2.24) is 5.32 Å². The molecule has 0 spiro atoms. The second-order valence-electron chi connectivity index (χ2n) is 4.45. The van der Waals surface area contributed by atoms with Crippen LogP contribution < -0.4 is 5.32 Å². The highest BCUT2D eigenvalue weighted by atomic mass is 32.2. The van der Waals surface area contributed by atoms with Crippen molar-refractivity contribution in [1.29, 1.82) is 0 Å². The molecule has 0 aromatic heterocycles. The lowest BCUT2D eigenvalue weighted by molar-refractivity contribution is 0.0937. The van der Waals surface area contributed by atoms with Crippen molar-refractivity contribution in [2.24, 2.45) is 0 Å². The average Bonchev–Trinajstić information content (AvgIpc) is 2.47. The lowest BCUT2D eigenvalue weighted by Gasteiger charge is -2.15. The van der Waals surface area contributed by atoms with Crippen LogP contribution in [0.2, 0.25) is 0 Å². The number of thioether (sulfide) groups is 1. The number of amides is 1. The number of nitrogens with one attached hydrogen (secondary N) is 1. The van der Waals surface area contributed by atoms with Crippen molar-refractivity contribution in [3.63, 3.8) is 0 Å². The maximum atomic E-state index is 12.9. The van der Waals surface area contributed by atoms with E-state index < -0.39 is 0 Å². The molecule has 0 aliphatic heterocycles. The minimum Gasteiger partial charge on any atom is -0.345 e. The van der Waals surface area contributed by atoms with Crippen LogP contribution in [-0.4, -0.2) is 12.2 Å². The molecule has 0 bridgehead atoms. The molecule has 1 atom stereocenters. The van der Waals surface area contributed by atoms with E-state index in [2.05, 4.69) is 5.32 Å². The average molecular weight is 289 g/mol. The van der Waals surface area contributed by atoms with Gasteiger partial charge in [-0.25, -0.2) is 4.39 Å². The Kier molecular flexibility index (Phi) is 4.79. The number of carbonyl (C=O) groups is 1. The molecule has 0 saturated heterocycles. The first kappa shape index (κ1) is 14.6. The van der Waals surface area contributed by atoms with Crippen molar-refractivity contribution in [2.45, 2.75) is 17.9 Å². The maximum Gasteiger partial charge on any atom is 0.252 e. The van der Waals surface area contributed by atoms with Gasteiger partial charge in [0, 0.05) is 4.90 Å². The summed E-state index contributed by atoms with van der Waals surface area (Å²) in [6, 6.07) is 13.5. The molecule has 0 unspecified atom stereocenters. The Morgan fingerprint density at radius 2 is 1.80 bits per heavy atom. The smallest absolute Gasteiger partial charge is 0.252 e. The van der Waals surface area contributed by atoms with Gasteiger partial charge in [-0.2, -0.15) is 0 Å². The SMILES string of the molecule is CSc1ccccc1C(=O)N[C@H](C)c1ccc(F)cc1. The Labute approximate surface area is 122 Å². The molecule has 2 aromatic carbocycles. The zero-order chi connectivity index (χ0) is 14.5. The standard InChI is InChI=1S/C16H16FNOS/c1-11(12-7-9-13(17)10-8-12)18-16(19)14-5-3-4-6-15(14)20-2/h3-11H,1-2H3,(H,18,19)/t11-/m1/s1. The zero-order valence-corrected chi connectivity index (χ0v) is 12.2. The molecule has 0 radical (unpaired) electrons. The summed E-state index contributed by atoms with van der Waals surface area (Å²) in [6.07, 6.45) is 1.94. The van der Waals surface area contributed by atoms with E-state index in [9.17, 15) is 9.18 Å². The summed E-state index contributed by atoms with van der Waals surface area (Å²) >= 11 is 1.54. The largest absolute Gasteiger partial charge is 0.345 e. The number of benzene rings is 2. The Bertz CT molecular complexity index is 598. The molecule has 4 heteroatoms. The van der Waals surface area contributed by atoms with Crippen LogP contribution in [0.15, 0.2) is 53.4 Å². The summed E-state index contributed by atoms with van der Waals surface area (Å²) in [5, 5.41) is 2.93. The van der Waals surface area contributed by atoms with Crippen LogP contribution in [-0.2, 0) is 0 Å². The fraction of sp³-hybridized carbons (Fsp3) is 0.188. The molecule has 20 heavy (non-hydrogen) atoms. The van der Waals surface area contributed by atoms with Gasteiger partial charge in [0.15, 0.2) is 0 Å². The second-order valence-corrected chi connectivity index (χ2v) is 5.30. The van der Waals surface area contributed by atoms with Crippen LogP contribution in [0.3, 0.4) is 0 Å². The third-order valence-corrected chi connectivity index (χ3v) is 3.87. The molecule has 0 saturated carbocycles. The zero-order valence-electron chi connectivity index (χ0n) is 11.4. The molecule has 2 rings (SSSR count). The molecule has 0 fully saturated rings. The van der Waals surface area contributed by atoms with Crippen molar-refractivity contribution >= 4 is 17.7 Å². The van der Waals surface area contributed by atoms with Gasteiger partial charge in [-0.3, -0.25) is 4.79 Å². The first-order chi connectivity index (χ1) is 9.61. The predicted molar refractivity (Wildman–Crippen MR) is 80.5 cm³/mol. The van der Waals surface area contributed by atoms with E-state index in [1.165, 1.54) is 23.9 Å². The van der Waals surface area contributed by atoms with Gasteiger partial charge in [0.1, 0.15) is 5.82 Å². The van der Waals surface area contributed by atoms with Crippen LogP contribution in [0.25, 0.3) is 0 Å². The maximum absolute atomic E-state index is 12.9. The molecule has 2 nitrogen and oxygen atoms in total. The van der Waals surface area contributed by atoms with Gasteiger partial charge in [0.2, 0.25) is 0 Å². The van der Waals surface area contributed by atoms with Crippen LogP contribution in [0.1, 0.15) is 28.9 Å². The van der Waals surface area contributed by atoms with Gasteiger partial charge >= 0.3 is 0 Å². The summed E-state index contributed by atoms with van der Waals surface area (Å²) in [7, 11) is 0. The third-order valence-electron chi connectivity index (χ3n) is 3.07. The summed E-state index contributed by atoms with van der Waals surface area (Å²) < 4.78 is 12.9. The minimum atomic E-state index is -0.278. The van der Waals surface area contributed by atoms with E-state index in [1.807, 2.05) is 31.4 Å². The van der Waals surface area contributed by atoms with E-state index in [0.29, 0.717) is 5.56 Å². The molecule has 104 valence electrons. The van der Waals surface area contributed by atoms with Gasteiger partial charge in [-0.05, 0) is 43.0 Å². The van der Waals surface area contributed by atoms with Gasteiger partial charge in [0.25, 0.3) is 5.91 Å². The molecular weight excluding hydrogens is 273 g/mol. The monoisotopic (exact) mass is 289 g/mol. The highest BCUT2D eigenvalue weighted by Gasteiger charge is 2.14. The van der Waals surface area contributed by atoms with Crippen molar-refractivity contribution in [2.75, 3.05) is 6.26 Å². The molecule has 2 aromatic rings. The van der Waals surface area contributed by atoms with E-state index in [-0.39, 0.29) is 17.8 Å². The third kappa shape index (κ3) is 3.39. The van der Waals surface area contributed by atoms with E-state index in [4.69, 9.17) is 0 Å². The normalized spacial score (nSPS) is 11.9. The highest BCUT2D eigenvalue weighted by Crippen LogP contribution is 2.21. The first-order valence-corrected chi connectivity index (χ1v) is 7.53. The van der Waals surface area contributed by atoms with Gasteiger partial charge < -0.3 is 5.32 Å². The van der Waals surface area contributed by atoms with Gasteiger partial charge in [-0.1, -0.05) is 24.3 Å². The quantitative estimate of drug-likeness (QED) is 0.861. The van der Waals surface area contributed by atoms with E-state index in [1.54, 1.807) is 18.2 Å². The number of halogens is 1. The Morgan fingerprint density at radius 3 is 2.45 bits per heavy atom. The fourth-order valence-corrected chi connectivity index (χ4v) is 2.54. The van der Waals surface area contributed by atoms with Gasteiger partial charge in [-0.15, -0.1) is 11.8 Å². The first-order valence-electron chi connectivity index (χ1n) is 6.31. The summed E-state index contributed by atoms with van der Waals surface area (Å²) in [5.41, 5.74) is 1.54. The molecule has 0 aliphatic carbocycles. The molecule has 1 N–H and O–H groups in total. The Balaban J connectivity index is 2.13. The van der Waals surface area contributed by atoms with Crippen LogP contribution in [0.5, 0.6) is 0 Å². The predicted octanol–water partition coefficient (Wildman–Crippen LogP) is 4.04. The highest BCUT2D eigenvalue weighted by molar-refractivity contribution is 7.98. The van der Waals surface area contributed by atoms with Crippen molar-refractivity contribution in [3.05, 3.63) is 65.5 Å². The van der Waals surface area contributed by atoms with Crippen molar-refractivity contribution in [3.8, 4) is 0 Å². The molecule has 0 heterocycles. The van der Waals surface area contributed by atoms with E-state index >= 15 is 0 Å². The number of hydrogen-bond donors (Lipinski definition) is 1. The fourth-order valence-electron chi connectivity index (χ4n) is 1.94. The van der Waals surface area contributed by atoms with E-state index in [0.717, 1.165) is 10.5 Å². The number of rotatable bonds is 4. The molecule has 1 amide bonds. The minimum absolute atomic E-state index is 0.119. The van der Waals surface area contributed by atoms with Gasteiger partial charge in [0.05, 0.1) is 11.6 Å². The Hall–Kier alpha value is -1.81. The summed E-state index contributed by atoms with van der Waals surface area (Å²) in [4.78, 5) is 13.2. The van der Waals surface area contributed by atoms with Crippen LogP contribution >= 0.6 is 11.8 Å².